The minimum atomic E-state index is -0.109. The molecule has 5 nitrogen and oxygen atoms in total. The maximum atomic E-state index is 12.1. The Bertz CT molecular complexity index is 644. The van der Waals surface area contributed by atoms with Crippen LogP contribution in [0.1, 0.15) is 5.56 Å². The number of hydrogen-bond donors (Lipinski definition) is 1. The van der Waals surface area contributed by atoms with E-state index in [9.17, 15) is 4.79 Å². The number of benzene rings is 2. The fraction of sp³-hybridized carbons (Fsp3) is 0.316. The van der Waals surface area contributed by atoms with Crippen molar-refractivity contribution in [3.63, 3.8) is 0 Å². The lowest BCUT2D eigenvalue weighted by molar-refractivity contribution is 0.195. The number of hydrogen-bond acceptors (Lipinski definition) is 3. The topological polar surface area (TPSA) is 44.8 Å². The molecule has 0 aliphatic rings. The van der Waals surface area contributed by atoms with Gasteiger partial charge in [0.1, 0.15) is 12.4 Å². The lowest BCUT2D eigenvalue weighted by Crippen LogP contribution is -2.39. The summed E-state index contributed by atoms with van der Waals surface area (Å²) in [6, 6.07) is 17.6. The minimum Gasteiger partial charge on any atom is -0.492 e. The first-order valence-electron chi connectivity index (χ1n) is 7.99. The molecule has 0 saturated heterocycles. The molecule has 0 aromatic heterocycles. The van der Waals surface area contributed by atoms with E-state index < -0.39 is 0 Å². The largest absolute Gasteiger partial charge is 0.492 e. The number of likely N-dealkylation sites (N-methyl/N-ethyl adjacent to an activating group) is 1. The van der Waals surface area contributed by atoms with Crippen LogP contribution in [0.2, 0.25) is 0 Å². The average Bonchev–Trinajstić information content (AvgIpc) is 2.60. The summed E-state index contributed by atoms with van der Waals surface area (Å²) in [5.74, 6) is 0.812. The van der Waals surface area contributed by atoms with Crippen LogP contribution in [0, 0.1) is 0 Å². The summed E-state index contributed by atoms with van der Waals surface area (Å²) < 4.78 is 5.60. The van der Waals surface area contributed by atoms with E-state index in [0.29, 0.717) is 19.7 Å². The number of ether oxygens (including phenoxy) is 1. The van der Waals surface area contributed by atoms with E-state index in [2.05, 4.69) is 11.4 Å². The predicted octanol–water partition coefficient (Wildman–Crippen LogP) is 2.97. The van der Waals surface area contributed by atoms with E-state index in [1.54, 1.807) is 11.9 Å². The van der Waals surface area contributed by atoms with Gasteiger partial charge in [-0.3, -0.25) is 0 Å². The first kappa shape index (κ1) is 17.7. The smallest absolute Gasteiger partial charge is 0.317 e. The van der Waals surface area contributed by atoms with E-state index >= 15 is 0 Å². The van der Waals surface area contributed by atoms with Crippen LogP contribution in [0.15, 0.2) is 54.6 Å². The molecule has 2 amide bonds. The summed E-state index contributed by atoms with van der Waals surface area (Å²) in [6.07, 6.45) is 0. The summed E-state index contributed by atoms with van der Waals surface area (Å²) in [5, 5.41) is 2.93. The van der Waals surface area contributed by atoms with Crippen LogP contribution in [-0.2, 0) is 6.54 Å². The van der Waals surface area contributed by atoms with Gasteiger partial charge < -0.3 is 19.9 Å². The Morgan fingerprint density at radius 2 is 1.79 bits per heavy atom. The lowest BCUT2D eigenvalue weighted by atomic mass is 10.2. The summed E-state index contributed by atoms with van der Waals surface area (Å²) in [6.45, 7) is 1.49. The second kappa shape index (κ2) is 8.82. The van der Waals surface area contributed by atoms with Crippen molar-refractivity contribution < 1.29 is 9.53 Å². The van der Waals surface area contributed by atoms with Crippen molar-refractivity contribution in [3.05, 3.63) is 60.2 Å². The van der Waals surface area contributed by atoms with Gasteiger partial charge in [0.05, 0.1) is 6.54 Å². The Labute approximate surface area is 143 Å². The van der Waals surface area contributed by atoms with Crippen molar-refractivity contribution in [1.29, 1.82) is 0 Å². The average molecular weight is 327 g/mol. The Balaban J connectivity index is 1.74. The molecular weight excluding hydrogens is 302 g/mol. The van der Waals surface area contributed by atoms with Crippen LogP contribution in [0.3, 0.4) is 0 Å². The van der Waals surface area contributed by atoms with Crippen molar-refractivity contribution >= 4 is 11.7 Å². The highest BCUT2D eigenvalue weighted by Crippen LogP contribution is 2.13. The number of urea groups is 1. The number of para-hydroxylation sites is 1. The number of carbonyl (C=O) groups excluding carboxylic acids is 1. The minimum absolute atomic E-state index is 0.109. The van der Waals surface area contributed by atoms with Crippen molar-refractivity contribution in [2.24, 2.45) is 0 Å². The highest BCUT2D eigenvalue weighted by Gasteiger charge is 2.08. The molecule has 0 saturated carbocycles. The monoisotopic (exact) mass is 327 g/mol. The quantitative estimate of drug-likeness (QED) is 0.850. The number of nitrogens with one attached hydrogen (secondary N) is 1. The highest BCUT2D eigenvalue weighted by atomic mass is 16.5. The molecule has 0 heterocycles. The summed E-state index contributed by atoms with van der Waals surface area (Å²) in [5.41, 5.74) is 2.19. The van der Waals surface area contributed by atoms with E-state index in [4.69, 9.17) is 4.74 Å². The Kier molecular flexibility index (Phi) is 6.49. The molecule has 5 heteroatoms. The molecule has 0 radical (unpaired) electrons. The second-order valence-electron chi connectivity index (χ2n) is 5.81. The second-order valence-corrected chi connectivity index (χ2v) is 5.81. The van der Waals surface area contributed by atoms with E-state index in [0.717, 1.165) is 17.0 Å². The molecule has 0 fully saturated rings. The van der Waals surface area contributed by atoms with Crippen molar-refractivity contribution in [1.82, 2.24) is 10.2 Å². The number of anilines is 1. The molecule has 0 aliphatic heterocycles. The maximum absolute atomic E-state index is 12.1. The third-order valence-corrected chi connectivity index (χ3v) is 3.66. The van der Waals surface area contributed by atoms with Crippen LogP contribution < -0.4 is 15.0 Å². The number of amides is 2. The molecule has 2 aromatic rings. The molecule has 1 N–H and O–H groups in total. The van der Waals surface area contributed by atoms with E-state index in [1.807, 2.05) is 67.5 Å². The standard InChI is InChI=1S/C19H25N3O2/c1-21(2)17-9-7-8-16(14-17)15-20-19(23)22(3)12-13-24-18-10-5-4-6-11-18/h4-11,14H,12-13,15H2,1-3H3,(H,20,23). The zero-order valence-electron chi connectivity index (χ0n) is 14.5. The fourth-order valence-electron chi connectivity index (χ4n) is 2.18. The first-order chi connectivity index (χ1) is 11.6. The van der Waals surface area contributed by atoms with Crippen molar-refractivity contribution in [3.8, 4) is 5.75 Å². The van der Waals surface area contributed by atoms with Gasteiger partial charge in [-0.05, 0) is 29.8 Å². The molecule has 2 aromatic carbocycles. The molecule has 0 unspecified atom stereocenters. The Morgan fingerprint density at radius 1 is 1.04 bits per heavy atom. The van der Waals surface area contributed by atoms with Gasteiger partial charge in [0, 0.05) is 33.4 Å². The third kappa shape index (κ3) is 5.50. The van der Waals surface area contributed by atoms with Crippen LogP contribution >= 0.6 is 0 Å². The normalized spacial score (nSPS) is 10.1. The van der Waals surface area contributed by atoms with Gasteiger partial charge in [-0.25, -0.2) is 4.79 Å². The number of carbonyl (C=O) groups is 1. The third-order valence-electron chi connectivity index (χ3n) is 3.66. The SMILES string of the molecule is CN(CCOc1ccccc1)C(=O)NCc1cccc(N(C)C)c1. The molecule has 0 spiro atoms. The van der Waals surface area contributed by atoms with Crippen LogP contribution in [0.25, 0.3) is 0 Å². The van der Waals surface area contributed by atoms with E-state index in [1.165, 1.54) is 0 Å². The fourth-order valence-corrected chi connectivity index (χ4v) is 2.18. The maximum Gasteiger partial charge on any atom is 0.317 e. The predicted molar refractivity (Wildman–Crippen MR) is 97.6 cm³/mol. The van der Waals surface area contributed by atoms with Crippen LogP contribution in [0.4, 0.5) is 10.5 Å². The molecule has 0 bridgehead atoms. The van der Waals surface area contributed by atoms with Crippen molar-refractivity contribution in [2.45, 2.75) is 6.54 Å². The number of nitrogens with zero attached hydrogens (tertiary/aromatic N) is 2. The van der Waals surface area contributed by atoms with Gasteiger partial charge in [-0.1, -0.05) is 30.3 Å². The zero-order valence-corrected chi connectivity index (χ0v) is 14.5. The number of rotatable bonds is 7. The van der Waals surface area contributed by atoms with Gasteiger partial charge in [-0.15, -0.1) is 0 Å². The molecular formula is C19H25N3O2. The summed E-state index contributed by atoms with van der Waals surface area (Å²) in [4.78, 5) is 15.8. The molecule has 0 atom stereocenters. The van der Waals surface area contributed by atoms with Gasteiger partial charge in [0.15, 0.2) is 0 Å². The molecule has 24 heavy (non-hydrogen) atoms. The zero-order chi connectivity index (χ0) is 17.4. The van der Waals surface area contributed by atoms with Crippen LogP contribution in [0.5, 0.6) is 5.75 Å². The molecule has 2 rings (SSSR count). The van der Waals surface area contributed by atoms with Gasteiger partial charge in [-0.2, -0.15) is 0 Å². The molecule has 0 aliphatic carbocycles. The highest BCUT2D eigenvalue weighted by molar-refractivity contribution is 5.73. The van der Waals surface area contributed by atoms with Crippen molar-refractivity contribution in [2.75, 3.05) is 39.2 Å². The summed E-state index contributed by atoms with van der Waals surface area (Å²) >= 11 is 0. The first-order valence-corrected chi connectivity index (χ1v) is 7.99. The van der Waals surface area contributed by atoms with Gasteiger partial charge in [0.2, 0.25) is 0 Å². The summed E-state index contributed by atoms with van der Waals surface area (Å²) in [7, 11) is 5.76. The molecule has 128 valence electrons. The van der Waals surface area contributed by atoms with E-state index in [-0.39, 0.29) is 6.03 Å². The lowest BCUT2D eigenvalue weighted by Gasteiger charge is -2.19. The Morgan fingerprint density at radius 3 is 2.50 bits per heavy atom. The Hall–Kier alpha value is -2.69. The van der Waals surface area contributed by atoms with Gasteiger partial charge >= 0.3 is 6.03 Å². The van der Waals surface area contributed by atoms with Crippen LogP contribution in [-0.4, -0.2) is 45.2 Å². The van der Waals surface area contributed by atoms with Gasteiger partial charge in [0.25, 0.3) is 0 Å².